The van der Waals surface area contributed by atoms with Gasteiger partial charge >= 0.3 is 5.69 Å². The van der Waals surface area contributed by atoms with Gasteiger partial charge in [0.2, 0.25) is 0 Å². The zero-order valence-corrected chi connectivity index (χ0v) is 16.2. The van der Waals surface area contributed by atoms with Crippen LogP contribution in [-0.2, 0) is 6.54 Å². The van der Waals surface area contributed by atoms with E-state index in [1.54, 1.807) is 10.9 Å². The van der Waals surface area contributed by atoms with Gasteiger partial charge in [-0.3, -0.25) is 9.36 Å². The molecule has 0 saturated heterocycles. The maximum atomic E-state index is 13.4. The summed E-state index contributed by atoms with van der Waals surface area (Å²) in [4.78, 5) is 31.2. The average Bonchev–Trinajstić information content (AvgIpc) is 3.48. The van der Waals surface area contributed by atoms with E-state index in [4.69, 9.17) is 0 Å². The van der Waals surface area contributed by atoms with E-state index in [1.165, 1.54) is 4.57 Å². The van der Waals surface area contributed by atoms with Gasteiger partial charge in [0, 0.05) is 6.54 Å². The van der Waals surface area contributed by atoms with Crippen LogP contribution in [0.4, 0.5) is 0 Å². The monoisotopic (exact) mass is 386 g/mol. The Morgan fingerprint density at radius 1 is 1.00 bits per heavy atom. The maximum absolute atomic E-state index is 13.4. The number of fused-ring (bicyclic) bond motifs is 1. The first kappa shape index (κ1) is 17.7. The molecule has 0 aliphatic heterocycles. The van der Waals surface area contributed by atoms with Crippen LogP contribution in [0.5, 0.6) is 0 Å². The topological polar surface area (TPSA) is 61.8 Å². The van der Waals surface area contributed by atoms with Crippen LogP contribution < -0.4 is 11.2 Å². The van der Waals surface area contributed by atoms with E-state index >= 15 is 0 Å². The molecule has 6 heteroatoms. The van der Waals surface area contributed by atoms with Gasteiger partial charge in [-0.25, -0.2) is 14.3 Å². The number of para-hydroxylation sites is 1. The lowest BCUT2D eigenvalue weighted by Crippen LogP contribution is -2.40. The number of hydrogen-bond donors (Lipinski definition) is 0. The van der Waals surface area contributed by atoms with Crippen molar-refractivity contribution in [3.8, 4) is 5.69 Å². The van der Waals surface area contributed by atoms with Crippen LogP contribution in [0.3, 0.4) is 0 Å². The molecule has 6 nitrogen and oxygen atoms in total. The van der Waals surface area contributed by atoms with Crippen molar-refractivity contribution in [2.24, 2.45) is 5.92 Å². The number of aromatic nitrogens is 4. The third-order valence-electron chi connectivity index (χ3n) is 5.71. The van der Waals surface area contributed by atoms with Gasteiger partial charge in [0.05, 0.1) is 18.1 Å². The largest absolute Gasteiger partial charge is 0.337 e. The summed E-state index contributed by atoms with van der Waals surface area (Å²) < 4.78 is 4.84. The van der Waals surface area contributed by atoms with E-state index in [0.717, 1.165) is 18.4 Å². The summed E-state index contributed by atoms with van der Waals surface area (Å²) in [7, 11) is 0. The zero-order valence-electron chi connectivity index (χ0n) is 16.2. The van der Waals surface area contributed by atoms with Crippen molar-refractivity contribution in [2.45, 2.75) is 32.4 Å². The van der Waals surface area contributed by atoms with Crippen molar-refractivity contribution in [3.63, 3.8) is 0 Å². The number of imidazole rings is 1. The van der Waals surface area contributed by atoms with E-state index in [-0.39, 0.29) is 17.3 Å². The highest BCUT2D eigenvalue weighted by Crippen LogP contribution is 2.30. The van der Waals surface area contributed by atoms with E-state index in [1.807, 2.05) is 72.2 Å². The third-order valence-corrected chi connectivity index (χ3v) is 5.71. The van der Waals surface area contributed by atoms with Gasteiger partial charge in [0.15, 0.2) is 11.2 Å². The Bertz CT molecular complexity index is 1280. The van der Waals surface area contributed by atoms with Gasteiger partial charge in [-0.15, -0.1) is 0 Å². The van der Waals surface area contributed by atoms with Crippen LogP contribution in [0.15, 0.2) is 76.6 Å². The minimum atomic E-state index is -0.321. The summed E-state index contributed by atoms with van der Waals surface area (Å²) in [6.07, 6.45) is 3.80. The Morgan fingerprint density at radius 3 is 2.31 bits per heavy atom. The van der Waals surface area contributed by atoms with E-state index in [9.17, 15) is 9.59 Å². The molecule has 1 saturated carbocycles. The smallest absolute Gasteiger partial charge is 0.317 e. The standard InChI is InChI=1S/C23H22N4O2/c1-16(18-8-4-2-5-9-18)26-15-24-21-20(26)22(28)25(14-17-12-13-17)23(29)27(21)19-10-6-3-7-11-19/h2-11,15-17H,12-14H2,1H3/t16-/m1/s1. The molecule has 1 aliphatic carbocycles. The van der Waals surface area contributed by atoms with Crippen LogP contribution >= 0.6 is 0 Å². The molecule has 4 aromatic rings. The third kappa shape index (κ3) is 3.01. The quantitative estimate of drug-likeness (QED) is 0.528. The Labute approximate surface area is 167 Å². The van der Waals surface area contributed by atoms with Gasteiger partial charge in [0.1, 0.15) is 0 Å². The van der Waals surface area contributed by atoms with Gasteiger partial charge in [-0.05, 0) is 43.4 Å². The molecule has 0 amide bonds. The van der Waals surface area contributed by atoms with Crippen molar-refractivity contribution >= 4 is 11.2 Å². The lowest BCUT2D eigenvalue weighted by molar-refractivity contribution is 0.564. The first-order chi connectivity index (χ1) is 14.1. The lowest BCUT2D eigenvalue weighted by atomic mass is 10.1. The number of rotatable bonds is 5. The molecule has 29 heavy (non-hydrogen) atoms. The molecule has 1 atom stereocenters. The van der Waals surface area contributed by atoms with Gasteiger partial charge in [-0.1, -0.05) is 48.5 Å². The predicted molar refractivity (Wildman–Crippen MR) is 113 cm³/mol. The molecule has 0 unspecified atom stereocenters. The Morgan fingerprint density at radius 2 is 1.66 bits per heavy atom. The van der Waals surface area contributed by atoms with Gasteiger partial charge in [-0.2, -0.15) is 0 Å². The predicted octanol–water partition coefficient (Wildman–Crippen LogP) is 3.37. The molecule has 0 N–H and O–H groups in total. The van der Waals surface area contributed by atoms with Crippen molar-refractivity contribution in [1.82, 2.24) is 18.7 Å². The fourth-order valence-corrected chi connectivity index (χ4v) is 3.86. The molecule has 1 aliphatic rings. The minimum Gasteiger partial charge on any atom is -0.317 e. The van der Waals surface area contributed by atoms with Gasteiger partial charge < -0.3 is 4.57 Å². The summed E-state index contributed by atoms with van der Waals surface area (Å²) in [6.45, 7) is 2.50. The second kappa shape index (κ2) is 6.88. The van der Waals surface area contributed by atoms with Crippen LogP contribution in [0.2, 0.25) is 0 Å². The van der Waals surface area contributed by atoms with Crippen LogP contribution in [0, 0.1) is 5.92 Å². The summed E-state index contributed by atoms with van der Waals surface area (Å²) in [5, 5.41) is 0. The number of hydrogen-bond acceptors (Lipinski definition) is 3. The molecule has 146 valence electrons. The Balaban J connectivity index is 1.80. The van der Waals surface area contributed by atoms with Crippen molar-refractivity contribution < 1.29 is 0 Å². The van der Waals surface area contributed by atoms with Crippen molar-refractivity contribution in [1.29, 1.82) is 0 Å². The molecule has 2 aromatic heterocycles. The Hall–Kier alpha value is -3.41. The van der Waals surface area contributed by atoms with Gasteiger partial charge in [0.25, 0.3) is 5.56 Å². The molecule has 2 heterocycles. The maximum Gasteiger partial charge on any atom is 0.337 e. The average molecular weight is 386 g/mol. The second-order valence-electron chi connectivity index (χ2n) is 7.72. The fraction of sp³-hybridized carbons (Fsp3) is 0.261. The normalized spacial score (nSPS) is 14.9. The van der Waals surface area contributed by atoms with Crippen molar-refractivity contribution in [2.75, 3.05) is 0 Å². The molecule has 0 radical (unpaired) electrons. The fourth-order valence-electron chi connectivity index (χ4n) is 3.86. The molecular weight excluding hydrogens is 364 g/mol. The minimum absolute atomic E-state index is 0.0787. The highest BCUT2D eigenvalue weighted by molar-refractivity contribution is 5.72. The Kier molecular flexibility index (Phi) is 4.19. The van der Waals surface area contributed by atoms with Crippen LogP contribution in [0.25, 0.3) is 16.9 Å². The SMILES string of the molecule is C[C@H](c1ccccc1)n1cnc2c1c(=O)n(CC1CC1)c(=O)n2-c1ccccc1. The highest BCUT2D eigenvalue weighted by Gasteiger charge is 2.27. The van der Waals surface area contributed by atoms with Crippen molar-refractivity contribution in [3.05, 3.63) is 93.4 Å². The first-order valence-electron chi connectivity index (χ1n) is 9.98. The summed E-state index contributed by atoms with van der Waals surface area (Å²) >= 11 is 0. The lowest BCUT2D eigenvalue weighted by Gasteiger charge is -2.16. The van der Waals surface area contributed by atoms with E-state index in [2.05, 4.69) is 4.98 Å². The second-order valence-corrected chi connectivity index (χ2v) is 7.72. The molecule has 0 bridgehead atoms. The van der Waals surface area contributed by atoms with E-state index < -0.39 is 0 Å². The highest BCUT2D eigenvalue weighted by atomic mass is 16.2. The van der Waals surface area contributed by atoms with Crippen LogP contribution in [0.1, 0.15) is 31.4 Å². The molecule has 5 rings (SSSR count). The number of nitrogens with zero attached hydrogens (tertiary/aromatic N) is 4. The molecule has 0 spiro atoms. The number of benzene rings is 2. The molecule has 1 fully saturated rings. The first-order valence-corrected chi connectivity index (χ1v) is 9.98. The summed E-state index contributed by atoms with van der Waals surface area (Å²) in [5.74, 6) is 0.407. The van der Waals surface area contributed by atoms with E-state index in [0.29, 0.717) is 29.3 Å². The summed E-state index contributed by atoms with van der Waals surface area (Å²) in [5.41, 5.74) is 2.08. The van der Waals surface area contributed by atoms with Crippen LogP contribution in [-0.4, -0.2) is 18.7 Å². The molecular formula is C23H22N4O2. The summed E-state index contributed by atoms with van der Waals surface area (Å²) in [6, 6.07) is 19.3. The zero-order chi connectivity index (χ0) is 20.0. The molecule has 2 aromatic carbocycles.